The van der Waals surface area contributed by atoms with E-state index in [1.54, 1.807) is 0 Å². The van der Waals surface area contributed by atoms with Gasteiger partial charge in [0, 0.05) is 28.7 Å². The van der Waals surface area contributed by atoms with Gasteiger partial charge in [-0.25, -0.2) is 0 Å². The quantitative estimate of drug-likeness (QED) is 0.903. The molecular weight excluding hydrogens is 288 g/mol. The Kier molecular flexibility index (Phi) is 4.91. The topological polar surface area (TPSA) is 47.3 Å². The molecule has 0 bridgehead atoms. The number of ether oxygens (including phenoxy) is 1. The highest BCUT2D eigenvalue weighted by molar-refractivity contribution is 6.30. The van der Waals surface area contributed by atoms with Crippen molar-refractivity contribution in [2.75, 3.05) is 0 Å². The SMILES string of the molecule is Cc1cc(COc2ccc(Cl)cc2CNC(C)(C)C)no1. The average molecular weight is 309 g/mol. The fourth-order valence-electron chi connectivity index (χ4n) is 1.83. The molecule has 0 aliphatic carbocycles. The molecule has 1 N–H and O–H groups in total. The van der Waals surface area contributed by atoms with Gasteiger partial charge < -0.3 is 14.6 Å². The summed E-state index contributed by atoms with van der Waals surface area (Å²) >= 11 is 6.08. The van der Waals surface area contributed by atoms with Crippen molar-refractivity contribution in [3.05, 3.63) is 46.3 Å². The molecule has 0 fully saturated rings. The minimum absolute atomic E-state index is 0.0306. The third-order valence-electron chi connectivity index (χ3n) is 2.88. The van der Waals surface area contributed by atoms with E-state index in [2.05, 4.69) is 31.2 Å². The molecule has 0 unspecified atom stereocenters. The first kappa shape index (κ1) is 15.9. The van der Waals surface area contributed by atoms with Crippen LogP contribution in [0.4, 0.5) is 0 Å². The van der Waals surface area contributed by atoms with Gasteiger partial charge in [0.15, 0.2) is 0 Å². The Balaban J connectivity index is 2.07. The first-order valence-electron chi connectivity index (χ1n) is 6.92. The van der Waals surface area contributed by atoms with Crippen molar-refractivity contribution in [2.45, 2.75) is 46.4 Å². The molecule has 0 saturated carbocycles. The maximum atomic E-state index is 6.08. The number of halogens is 1. The van der Waals surface area contributed by atoms with Crippen LogP contribution >= 0.6 is 11.6 Å². The molecule has 114 valence electrons. The fraction of sp³-hybridized carbons (Fsp3) is 0.438. The van der Waals surface area contributed by atoms with Crippen molar-refractivity contribution in [3.8, 4) is 5.75 Å². The van der Waals surface area contributed by atoms with Crippen LogP contribution in [0, 0.1) is 6.92 Å². The maximum absolute atomic E-state index is 6.08. The number of rotatable bonds is 5. The second kappa shape index (κ2) is 6.50. The Morgan fingerprint density at radius 3 is 2.67 bits per heavy atom. The number of benzene rings is 1. The van der Waals surface area contributed by atoms with Crippen molar-refractivity contribution >= 4 is 11.6 Å². The lowest BCUT2D eigenvalue weighted by molar-refractivity contribution is 0.283. The molecule has 4 nitrogen and oxygen atoms in total. The molecule has 21 heavy (non-hydrogen) atoms. The monoisotopic (exact) mass is 308 g/mol. The van der Waals surface area contributed by atoms with E-state index in [-0.39, 0.29) is 5.54 Å². The van der Waals surface area contributed by atoms with Crippen LogP contribution in [-0.4, -0.2) is 10.7 Å². The minimum atomic E-state index is 0.0306. The largest absolute Gasteiger partial charge is 0.487 e. The molecule has 5 heteroatoms. The summed E-state index contributed by atoms with van der Waals surface area (Å²) in [7, 11) is 0. The Morgan fingerprint density at radius 2 is 2.05 bits per heavy atom. The summed E-state index contributed by atoms with van der Waals surface area (Å²) in [5, 5.41) is 8.06. The standard InChI is InChI=1S/C16H21ClN2O2/c1-11-7-14(19-21-11)10-20-15-6-5-13(17)8-12(15)9-18-16(2,3)4/h5-8,18H,9-10H2,1-4H3. The van der Waals surface area contributed by atoms with Crippen LogP contribution in [0.15, 0.2) is 28.8 Å². The van der Waals surface area contributed by atoms with Gasteiger partial charge >= 0.3 is 0 Å². The van der Waals surface area contributed by atoms with E-state index in [1.807, 2.05) is 31.2 Å². The highest BCUT2D eigenvalue weighted by Gasteiger charge is 2.12. The number of hydrogen-bond acceptors (Lipinski definition) is 4. The van der Waals surface area contributed by atoms with Crippen molar-refractivity contribution in [3.63, 3.8) is 0 Å². The van der Waals surface area contributed by atoms with E-state index < -0.39 is 0 Å². The number of hydrogen-bond donors (Lipinski definition) is 1. The van der Waals surface area contributed by atoms with Gasteiger partial charge in [-0.1, -0.05) is 16.8 Å². The Hall–Kier alpha value is -1.52. The summed E-state index contributed by atoms with van der Waals surface area (Å²) in [5.74, 6) is 1.58. The van der Waals surface area contributed by atoms with Crippen molar-refractivity contribution in [2.24, 2.45) is 0 Å². The molecule has 0 aliphatic rings. The molecule has 1 aromatic heterocycles. The number of nitrogens with zero attached hydrogens (tertiary/aromatic N) is 1. The van der Waals surface area contributed by atoms with Gasteiger partial charge in [-0.15, -0.1) is 0 Å². The first-order chi connectivity index (χ1) is 9.83. The van der Waals surface area contributed by atoms with Gasteiger partial charge in [0.05, 0.1) is 0 Å². The molecule has 2 rings (SSSR count). The van der Waals surface area contributed by atoms with Crippen molar-refractivity contribution < 1.29 is 9.26 Å². The summed E-state index contributed by atoms with van der Waals surface area (Å²) in [6.07, 6.45) is 0. The van der Waals surface area contributed by atoms with Crippen LogP contribution in [0.1, 0.15) is 37.8 Å². The molecule has 1 heterocycles. The lowest BCUT2D eigenvalue weighted by Gasteiger charge is -2.21. The predicted octanol–water partition coefficient (Wildman–Crippen LogP) is 4.10. The highest BCUT2D eigenvalue weighted by atomic mass is 35.5. The van der Waals surface area contributed by atoms with E-state index in [9.17, 15) is 0 Å². The molecule has 0 spiro atoms. The highest BCUT2D eigenvalue weighted by Crippen LogP contribution is 2.24. The maximum Gasteiger partial charge on any atom is 0.134 e. The summed E-state index contributed by atoms with van der Waals surface area (Å²) in [6, 6.07) is 7.49. The third-order valence-corrected chi connectivity index (χ3v) is 3.12. The zero-order valence-electron chi connectivity index (χ0n) is 12.9. The van der Waals surface area contributed by atoms with Crippen LogP contribution in [0.3, 0.4) is 0 Å². The smallest absolute Gasteiger partial charge is 0.134 e. The molecular formula is C16H21ClN2O2. The van der Waals surface area contributed by atoms with Gasteiger partial charge in [0.25, 0.3) is 0 Å². The molecule has 0 atom stereocenters. The zero-order valence-corrected chi connectivity index (χ0v) is 13.6. The van der Waals surface area contributed by atoms with Gasteiger partial charge in [-0.3, -0.25) is 0 Å². The van der Waals surface area contributed by atoms with Gasteiger partial charge in [0.2, 0.25) is 0 Å². The van der Waals surface area contributed by atoms with E-state index in [1.165, 1.54) is 0 Å². The Bertz CT molecular complexity index is 603. The van der Waals surface area contributed by atoms with Crippen LogP contribution in [0.5, 0.6) is 5.75 Å². The second-order valence-electron chi connectivity index (χ2n) is 6.07. The summed E-state index contributed by atoms with van der Waals surface area (Å²) in [4.78, 5) is 0. The zero-order chi connectivity index (χ0) is 15.5. The third kappa shape index (κ3) is 5.06. The van der Waals surface area contributed by atoms with Gasteiger partial charge in [-0.2, -0.15) is 0 Å². The second-order valence-corrected chi connectivity index (χ2v) is 6.51. The number of aromatic nitrogens is 1. The summed E-state index contributed by atoms with van der Waals surface area (Å²) in [5.41, 5.74) is 1.83. The van der Waals surface area contributed by atoms with Gasteiger partial charge in [0.1, 0.15) is 23.8 Å². The Labute approximate surface area is 130 Å². The molecule has 0 aliphatic heterocycles. The van der Waals surface area contributed by atoms with Crippen LogP contribution in [-0.2, 0) is 13.2 Å². The predicted molar refractivity (Wildman–Crippen MR) is 83.6 cm³/mol. The van der Waals surface area contributed by atoms with E-state index >= 15 is 0 Å². The molecule has 0 saturated heterocycles. The molecule has 1 aromatic carbocycles. The lowest BCUT2D eigenvalue weighted by atomic mass is 10.1. The normalized spacial score (nSPS) is 11.7. The van der Waals surface area contributed by atoms with Crippen LogP contribution in [0.25, 0.3) is 0 Å². The average Bonchev–Trinajstić information content (AvgIpc) is 2.80. The van der Waals surface area contributed by atoms with Crippen molar-refractivity contribution in [1.82, 2.24) is 10.5 Å². The van der Waals surface area contributed by atoms with Crippen LogP contribution < -0.4 is 10.1 Å². The molecule has 0 amide bonds. The fourth-order valence-corrected chi connectivity index (χ4v) is 2.02. The number of nitrogens with one attached hydrogen (secondary N) is 1. The molecule has 2 aromatic rings. The van der Waals surface area contributed by atoms with Crippen molar-refractivity contribution in [1.29, 1.82) is 0 Å². The number of aryl methyl sites for hydroxylation is 1. The lowest BCUT2D eigenvalue weighted by Crippen LogP contribution is -2.35. The minimum Gasteiger partial charge on any atom is -0.487 e. The van der Waals surface area contributed by atoms with Gasteiger partial charge in [-0.05, 0) is 45.9 Å². The molecule has 0 radical (unpaired) electrons. The van der Waals surface area contributed by atoms with E-state index in [0.29, 0.717) is 18.2 Å². The van der Waals surface area contributed by atoms with E-state index in [4.69, 9.17) is 20.9 Å². The first-order valence-corrected chi connectivity index (χ1v) is 7.30. The summed E-state index contributed by atoms with van der Waals surface area (Å²) < 4.78 is 10.9. The Morgan fingerprint density at radius 1 is 1.29 bits per heavy atom. The van der Waals surface area contributed by atoms with E-state index in [0.717, 1.165) is 22.8 Å². The summed E-state index contributed by atoms with van der Waals surface area (Å²) in [6.45, 7) is 9.29. The van der Waals surface area contributed by atoms with Crippen LogP contribution in [0.2, 0.25) is 5.02 Å².